The van der Waals surface area contributed by atoms with Crippen LogP contribution in [0.3, 0.4) is 0 Å². The maximum atomic E-state index is 13.3. The lowest BCUT2D eigenvalue weighted by atomic mass is 10.1. The molecule has 0 saturated heterocycles. The van der Waals surface area contributed by atoms with Gasteiger partial charge in [0.05, 0.1) is 6.42 Å². The fourth-order valence-electron chi connectivity index (χ4n) is 3.90. The fourth-order valence-corrected chi connectivity index (χ4v) is 4.43. The van der Waals surface area contributed by atoms with Crippen LogP contribution in [0.1, 0.15) is 49.3 Å². The highest BCUT2D eigenvalue weighted by Gasteiger charge is 2.29. The molecule has 1 aliphatic carbocycles. The Morgan fingerprint density at radius 2 is 1.70 bits per heavy atom. The van der Waals surface area contributed by atoms with Gasteiger partial charge in [-0.25, -0.2) is 0 Å². The molecule has 1 N–H and O–H groups in total. The predicted octanol–water partition coefficient (Wildman–Crippen LogP) is 5.32. The van der Waals surface area contributed by atoms with Crippen LogP contribution < -0.4 is 5.32 Å². The molecule has 1 atom stereocenters. The third-order valence-electron chi connectivity index (χ3n) is 5.86. The van der Waals surface area contributed by atoms with Crippen LogP contribution in [0.4, 0.5) is 0 Å². The number of nitrogens with one attached hydrogen (secondary N) is 1. The van der Waals surface area contributed by atoms with Crippen LogP contribution in [-0.2, 0) is 22.6 Å². The van der Waals surface area contributed by atoms with Gasteiger partial charge in [0.2, 0.25) is 11.8 Å². The molecule has 30 heavy (non-hydrogen) atoms. The van der Waals surface area contributed by atoms with Gasteiger partial charge in [-0.1, -0.05) is 66.4 Å². The zero-order valence-electron chi connectivity index (χ0n) is 17.5. The number of hydrogen-bond donors (Lipinski definition) is 1. The van der Waals surface area contributed by atoms with Crippen molar-refractivity contribution >= 4 is 35.0 Å². The Bertz CT molecular complexity index is 890. The zero-order chi connectivity index (χ0) is 21.7. The van der Waals surface area contributed by atoms with E-state index in [0.29, 0.717) is 22.2 Å². The summed E-state index contributed by atoms with van der Waals surface area (Å²) >= 11 is 12.6. The average molecular weight is 447 g/mol. The minimum atomic E-state index is -0.598. The highest BCUT2D eigenvalue weighted by Crippen LogP contribution is 2.26. The van der Waals surface area contributed by atoms with E-state index in [0.717, 1.165) is 36.8 Å². The third kappa shape index (κ3) is 5.55. The Labute approximate surface area is 188 Å². The van der Waals surface area contributed by atoms with E-state index in [4.69, 9.17) is 23.2 Å². The van der Waals surface area contributed by atoms with Gasteiger partial charge in [-0.3, -0.25) is 9.59 Å². The second-order valence-electron chi connectivity index (χ2n) is 7.99. The number of amides is 2. The Kier molecular flexibility index (Phi) is 7.79. The molecule has 0 bridgehead atoms. The summed E-state index contributed by atoms with van der Waals surface area (Å²) in [5, 5.41) is 4.02. The molecule has 0 radical (unpaired) electrons. The number of rotatable bonds is 7. The maximum absolute atomic E-state index is 13.3. The van der Waals surface area contributed by atoms with Crippen molar-refractivity contribution < 1.29 is 9.59 Å². The molecule has 0 aliphatic heterocycles. The lowest BCUT2D eigenvalue weighted by Crippen LogP contribution is -2.50. The van der Waals surface area contributed by atoms with E-state index < -0.39 is 6.04 Å². The summed E-state index contributed by atoms with van der Waals surface area (Å²) in [5.41, 5.74) is 2.68. The smallest absolute Gasteiger partial charge is 0.242 e. The number of carbonyl (C=O) groups excluding carboxylic acids is 2. The second kappa shape index (κ2) is 10.3. The van der Waals surface area contributed by atoms with Crippen molar-refractivity contribution in [3.8, 4) is 0 Å². The lowest BCUT2D eigenvalue weighted by Gasteiger charge is -2.30. The van der Waals surface area contributed by atoms with Gasteiger partial charge in [-0.05, 0) is 55.5 Å². The number of halogens is 2. The van der Waals surface area contributed by atoms with Crippen LogP contribution in [0, 0.1) is 6.92 Å². The first kappa shape index (κ1) is 22.6. The van der Waals surface area contributed by atoms with Crippen molar-refractivity contribution in [3.63, 3.8) is 0 Å². The molecule has 1 unspecified atom stereocenters. The van der Waals surface area contributed by atoms with Crippen LogP contribution in [0.25, 0.3) is 0 Å². The minimum Gasteiger partial charge on any atom is -0.352 e. The summed E-state index contributed by atoms with van der Waals surface area (Å²) in [6, 6.07) is 12.7. The highest BCUT2D eigenvalue weighted by molar-refractivity contribution is 6.36. The van der Waals surface area contributed by atoms with E-state index in [2.05, 4.69) is 5.32 Å². The van der Waals surface area contributed by atoms with Crippen LogP contribution >= 0.6 is 23.2 Å². The summed E-state index contributed by atoms with van der Waals surface area (Å²) in [7, 11) is 0. The predicted molar refractivity (Wildman–Crippen MR) is 122 cm³/mol. The first-order chi connectivity index (χ1) is 14.4. The summed E-state index contributed by atoms with van der Waals surface area (Å²) in [6.07, 6.45) is 4.32. The average Bonchev–Trinajstić information content (AvgIpc) is 3.22. The largest absolute Gasteiger partial charge is 0.352 e. The molecule has 0 heterocycles. The Morgan fingerprint density at radius 3 is 2.33 bits per heavy atom. The molecule has 6 heteroatoms. The van der Waals surface area contributed by atoms with Crippen molar-refractivity contribution in [2.45, 2.75) is 64.6 Å². The molecule has 160 valence electrons. The van der Waals surface area contributed by atoms with Crippen LogP contribution in [-0.4, -0.2) is 28.8 Å². The van der Waals surface area contributed by atoms with E-state index in [1.54, 1.807) is 30.0 Å². The Hall–Kier alpha value is -2.04. The SMILES string of the molecule is Cc1ccccc1CN(C(=O)Cc1c(Cl)cccc1Cl)C(C)C(=O)NC1CCCC1. The molecule has 2 aromatic rings. The highest BCUT2D eigenvalue weighted by atomic mass is 35.5. The van der Waals surface area contributed by atoms with Gasteiger partial charge >= 0.3 is 0 Å². The molecule has 1 fully saturated rings. The molecule has 1 aliphatic rings. The number of hydrogen-bond acceptors (Lipinski definition) is 2. The number of carbonyl (C=O) groups is 2. The van der Waals surface area contributed by atoms with Crippen LogP contribution in [0.2, 0.25) is 10.0 Å². The molecule has 0 aromatic heterocycles. The molecule has 2 amide bonds. The van der Waals surface area contributed by atoms with Crippen molar-refractivity contribution in [2.75, 3.05) is 0 Å². The Morgan fingerprint density at radius 1 is 1.07 bits per heavy atom. The van der Waals surface area contributed by atoms with Crippen LogP contribution in [0.5, 0.6) is 0 Å². The monoisotopic (exact) mass is 446 g/mol. The van der Waals surface area contributed by atoms with Crippen molar-refractivity contribution in [1.29, 1.82) is 0 Å². The van der Waals surface area contributed by atoms with Gasteiger partial charge in [0.15, 0.2) is 0 Å². The minimum absolute atomic E-state index is 0.0471. The summed E-state index contributed by atoms with van der Waals surface area (Å²) in [4.78, 5) is 27.9. The lowest BCUT2D eigenvalue weighted by molar-refractivity contribution is -0.140. The zero-order valence-corrected chi connectivity index (χ0v) is 19.0. The maximum Gasteiger partial charge on any atom is 0.242 e. The van der Waals surface area contributed by atoms with E-state index in [-0.39, 0.29) is 24.3 Å². The second-order valence-corrected chi connectivity index (χ2v) is 8.81. The van der Waals surface area contributed by atoms with E-state index >= 15 is 0 Å². The molecule has 3 rings (SSSR count). The van der Waals surface area contributed by atoms with Gasteiger partial charge < -0.3 is 10.2 Å². The Balaban J connectivity index is 1.83. The van der Waals surface area contributed by atoms with E-state index in [1.807, 2.05) is 31.2 Å². The summed E-state index contributed by atoms with van der Waals surface area (Å²) in [6.45, 7) is 4.15. The standard InChI is InChI=1S/C24H28Cl2N2O2/c1-16-8-3-4-9-18(16)15-28(17(2)24(30)27-19-10-5-6-11-19)23(29)14-20-21(25)12-7-13-22(20)26/h3-4,7-9,12-13,17,19H,5-6,10-11,14-15H2,1-2H3,(H,27,30). The summed E-state index contributed by atoms with van der Waals surface area (Å²) < 4.78 is 0. The number of benzene rings is 2. The molecule has 4 nitrogen and oxygen atoms in total. The first-order valence-electron chi connectivity index (χ1n) is 10.4. The number of nitrogens with zero attached hydrogens (tertiary/aromatic N) is 1. The fraction of sp³-hybridized carbons (Fsp3) is 0.417. The topological polar surface area (TPSA) is 49.4 Å². The van der Waals surface area contributed by atoms with Crippen molar-refractivity contribution in [3.05, 3.63) is 69.2 Å². The van der Waals surface area contributed by atoms with Gasteiger partial charge in [-0.15, -0.1) is 0 Å². The molecular weight excluding hydrogens is 419 g/mol. The quantitative estimate of drug-likeness (QED) is 0.625. The van der Waals surface area contributed by atoms with Gasteiger partial charge in [0.25, 0.3) is 0 Å². The molecule has 0 spiro atoms. The third-order valence-corrected chi connectivity index (χ3v) is 6.57. The molecule has 1 saturated carbocycles. The van der Waals surface area contributed by atoms with Gasteiger partial charge in [0, 0.05) is 22.6 Å². The first-order valence-corrected chi connectivity index (χ1v) is 11.2. The summed E-state index contributed by atoms with van der Waals surface area (Å²) in [5.74, 6) is -0.295. The van der Waals surface area contributed by atoms with Crippen molar-refractivity contribution in [2.24, 2.45) is 0 Å². The van der Waals surface area contributed by atoms with Crippen LogP contribution in [0.15, 0.2) is 42.5 Å². The molecular formula is C24H28Cl2N2O2. The normalized spacial score (nSPS) is 15.1. The number of aryl methyl sites for hydroxylation is 1. The van der Waals surface area contributed by atoms with E-state index in [1.165, 1.54) is 0 Å². The van der Waals surface area contributed by atoms with Crippen molar-refractivity contribution in [1.82, 2.24) is 10.2 Å². The van der Waals surface area contributed by atoms with Gasteiger partial charge in [-0.2, -0.15) is 0 Å². The van der Waals surface area contributed by atoms with Gasteiger partial charge in [0.1, 0.15) is 6.04 Å². The molecule has 2 aromatic carbocycles. The van der Waals surface area contributed by atoms with E-state index in [9.17, 15) is 9.59 Å².